The third-order valence-electron chi connectivity index (χ3n) is 5.95. The zero-order valence-electron chi connectivity index (χ0n) is 20.2. The molecule has 0 N–H and O–H groups in total. The van der Waals surface area contributed by atoms with Crippen molar-refractivity contribution in [2.24, 2.45) is 0 Å². The molecule has 1 aliphatic rings. The highest BCUT2D eigenvalue weighted by Gasteiger charge is 2.40. The first-order valence-electron chi connectivity index (χ1n) is 10.8. The Bertz CT molecular complexity index is 921. The Kier molecular flexibility index (Phi) is 6.37. The van der Waals surface area contributed by atoms with Gasteiger partial charge in [0.05, 0.1) is 0 Å². The van der Waals surface area contributed by atoms with Gasteiger partial charge in [0.2, 0.25) is 0 Å². The van der Waals surface area contributed by atoms with Crippen molar-refractivity contribution in [1.82, 2.24) is 0 Å². The largest absolute Gasteiger partial charge is 0.425 e. The molecule has 0 saturated heterocycles. The molecule has 2 aromatic carbocycles. The van der Waals surface area contributed by atoms with Crippen molar-refractivity contribution in [3.63, 3.8) is 0 Å². The Morgan fingerprint density at radius 1 is 0.793 bits per heavy atom. The van der Waals surface area contributed by atoms with Crippen molar-refractivity contribution in [3.8, 4) is 5.75 Å². The lowest BCUT2D eigenvalue weighted by molar-refractivity contribution is -0.133. The van der Waals surface area contributed by atoms with Gasteiger partial charge in [-0.1, -0.05) is 79.7 Å². The van der Waals surface area contributed by atoms with Crippen molar-refractivity contribution < 1.29 is 9.53 Å². The van der Waals surface area contributed by atoms with Crippen LogP contribution < -0.4 is 4.74 Å². The molecule has 0 bridgehead atoms. The first-order chi connectivity index (χ1) is 13.3. The molecule has 0 radical (unpaired) electrons. The minimum absolute atomic E-state index is 0.00343. The van der Waals surface area contributed by atoms with E-state index in [1.54, 1.807) is 0 Å². The number of carbonyl (C=O) groups is 1. The molecule has 0 amide bonds. The van der Waals surface area contributed by atoms with E-state index < -0.39 is 0 Å². The molecule has 3 rings (SSSR count). The van der Waals surface area contributed by atoms with Crippen LogP contribution in [0.3, 0.4) is 0 Å². The van der Waals surface area contributed by atoms with Crippen LogP contribution in [0, 0.1) is 20.8 Å². The smallest absolute Gasteiger partial charge is 0.323 e. The topological polar surface area (TPSA) is 26.3 Å². The molecule has 1 aliphatic heterocycles. The second-order valence-electron chi connectivity index (χ2n) is 10.0. The van der Waals surface area contributed by atoms with Gasteiger partial charge in [0.1, 0.15) is 11.7 Å². The maximum atomic E-state index is 13.0. The Morgan fingerprint density at radius 3 is 1.90 bits per heavy atom. The van der Waals surface area contributed by atoms with E-state index in [0.29, 0.717) is 0 Å². The summed E-state index contributed by atoms with van der Waals surface area (Å²) in [5.41, 5.74) is 8.03. The highest BCUT2D eigenvalue weighted by Crippen LogP contribution is 2.48. The second kappa shape index (κ2) is 7.97. The lowest BCUT2D eigenvalue weighted by Crippen LogP contribution is -2.17. The number of esters is 1. The van der Waals surface area contributed by atoms with E-state index in [4.69, 9.17) is 4.74 Å². The molecule has 158 valence electrons. The summed E-state index contributed by atoms with van der Waals surface area (Å²) in [5, 5.41) is 0. The molecule has 1 atom stereocenters. The van der Waals surface area contributed by atoms with Crippen molar-refractivity contribution in [2.45, 2.75) is 92.9 Å². The molecule has 1 heterocycles. The molecule has 29 heavy (non-hydrogen) atoms. The minimum Gasteiger partial charge on any atom is -0.425 e. The average molecular weight is 395 g/mol. The van der Waals surface area contributed by atoms with Crippen LogP contribution in [0.1, 0.15) is 100 Å². The van der Waals surface area contributed by atoms with Gasteiger partial charge < -0.3 is 4.74 Å². The molecule has 0 saturated carbocycles. The highest BCUT2D eigenvalue weighted by molar-refractivity contribution is 5.91. The number of fused-ring (bicyclic) bond motifs is 1. The van der Waals surface area contributed by atoms with Gasteiger partial charge in [-0.2, -0.15) is 0 Å². The summed E-state index contributed by atoms with van der Waals surface area (Å²) in [5.74, 6) is 0.263. The Labute approximate surface area is 177 Å². The summed E-state index contributed by atoms with van der Waals surface area (Å²) in [4.78, 5) is 13.0. The first-order valence-corrected chi connectivity index (χ1v) is 10.8. The molecular formula is C27H38O2. The number of aryl methyl sites for hydroxylation is 1. The fraction of sp³-hybridized carbons (Fsp3) is 0.519. The number of ether oxygens (including phenoxy) is 1. The zero-order chi connectivity index (χ0) is 22.3. The molecule has 0 fully saturated rings. The van der Waals surface area contributed by atoms with E-state index in [0.717, 1.165) is 22.4 Å². The quantitative estimate of drug-likeness (QED) is 0.375. The van der Waals surface area contributed by atoms with Crippen LogP contribution in [0.25, 0.3) is 0 Å². The van der Waals surface area contributed by atoms with Gasteiger partial charge in [0.15, 0.2) is 0 Å². The number of rotatable bonds is 1. The number of benzene rings is 2. The fourth-order valence-electron chi connectivity index (χ4n) is 3.84. The standard InChI is InChI=1S/C25H32O2.C2H6/c1-14-10-11-18(16(3)15(14)2)21-19-12-17(24(4,5)6)13-20(25(7,8)9)22(19)27-23(21)26;1-2/h10-13,21H,1-9H3;1-2H3. The maximum absolute atomic E-state index is 13.0. The second-order valence-corrected chi connectivity index (χ2v) is 10.0. The molecule has 1 unspecified atom stereocenters. The van der Waals surface area contributed by atoms with E-state index in [1.165, 1.54) is 22.3 Å². The predicted molar refractivity (Wildman–Crippen MR) is 123 cm³/mol. The SMILES string of the molecule is CC.Cc1ccc(C2C(=O)Oc3c2cc(C(C)(C)C)cc3C(C)(C)C)c(C)c1C. The molecule has 2 aromatic rings. The van der Waals surface area contributed by atoms with Gasteiger partial charge >= 0.3 is 5.97 Å². The van der Waals surface area contributed by atoms with Crippen LogP contribution in [-0.2, 0) is 15.6 Å². The van der Waals surface area contributed by atoms with Crippen LogP contribution in [-0.4, -0.2) is 5.97 Å². The zero-order valence-corrected chi connectivity index (χ0v) is 20.2. The summed E-state index contributed by atoms with van der Waals surface area (Å²) in [7, 11) is 0. The summed E-state index contributed by atoms with van der Waals surface area (Å²) in [6, 6.07) is 8.62. The summed E-state index contributed by atoms with van der Waals surface area (Å²) >= 11 is 0. The Balaban J connectivity index is 0.00000145. The van der Waals surface area contributed by atoms with E-state index in [-0.39, 0.29) is 22.7 Å². The Hall–Kier alpha value is -2.09. The highest BCUT2D eigenvalue weighted by atomic mass is 16.5. The van der Waals surface area contributed by atoms with Crippen molar-refractivity contribution in [1.29, 1.82) is 0 Å². The van der Waals surface area contributed by atoms with E-state index in [9.17, 15) is 4.79 Å². The molecule has 0 aliphatic carbocycles. The lowest BCUT2D eigenvalue weighted by Gasteiger charge is -2.27. The van der Waals surface area contributed by atoms with Crippen molar-refractivity contribution in [3.05, 3.63) is 63.2 Å². The molecule has 2 heteroatoms. The van der Waals surface area contributed by atoms with Gasteiger partial charge in [-0.05, 0) is 59.4 Å². The average Bonchev–Trinajstić information content (AvgIpc) is 2.95. The number of carbonyl (C=O) groups excluding carboxylic acids is 1. The van der Waals surface area contributed by atoms with Gasteiger partial charge in [-0.3, -0.25) is 4.79 Å². The molecule has 0 aromatic heterocycles. The third-order valence-corrected chi connectivity index (χ3v) is 5.95. The molecular weight excluding hydrogens is 356 g/mol. The van der Waals surface area contributed by atoms with Crippen LogP contribution >= 0.6 is 0 Å². The molecule has 2 nitrogen and oxygen atoms in total. The van der Waals surface area contributed by atoms with E-state index in [1.807, 2.05) is 13.8 Å². The van der Waals surface area contributed by atoms with Crippen molar-refractivity contribution in [2.75, 3.05) is 0 Å². The van der Waals surface area contributed by atoms with E-state index >= 15 is 0 Å². The third kappa shape index (κ3) is 4.27. The minimum atomic E-state index is -0.345. The van der Waals surface area contributed by atoms with Gasteiger partial charge in [-0.15, -0.1) is 0 Å². The van der Waals surface area contributed by atoms with Crippen LogP contribution in [0.4, 0.5) is 0 Å². The summed E-state index contributed by atoms with van der Waals surface area (Å²) in [6.45, 7) is 23.5. The summed E-state index contributed by atoms with van der Waals surface area (Å²) < 4.78 is 5.89. The van der Waals surface area contributed by atoms with Crippen LogP contribution in [0.15, 0.2) is 24.3 Å². The van der Waals surface area contributed by atoms with Crippen molar-refractivity contribution >= 4 is 5.97 Å². The van der Waals surface area contributed by atoms with Gasteiger partial charge in [0, 0.05) is 11.1 Å². The number of hydrogen-bond acceptors (Lipinski definition) is 2. The summed E-state index contributed by atoms with van der Waals surface area (Å²) in [6.07, 6.45) is 0. The van der Waals surface area contributed by atoms with Gasteiger partial charge in [-0.25, -0.2) is 0 Å². The maximum Gasteiger partial charge on any atom is 0.323 e. The molecule has 0 spiro atoms. The number of hydrogen-bond donors (Lipinski definition) is 0. The van der Waals surface area contributed by atoms with Crippen LogP contribution in [0.2, 0.25) is 0 Å². The predicted octanol–water partition coefficient (Wildman–Crippen LogP) is 7.28. The Morgan fingerprint density at radius 2 is 1.38 bits per heavy atom. The lowest BCUT2D eigenvalue weighted by atomic mass is 9.76. The first kappa shape index (κ1) is 23.2. The fourth-order valence-corrected chi connectivity index (χ4v) is 3.84. The van der Waals surface area contributed by atoms with Gasteiger partial charge in [0.25, 0.3) is 0 Å². The van der Waals surface area contributed by atoms with E-state index in [2.05, 4.69) is 86.6 Å². The monoisotopic (exact) mass is 394 g/mol. The normalized spacial score (nSPS) is 16.1. The van der Waals surface area contributed by atoms with Crippen LogP contribution in [0.5, 0.6) is 5.75 Å².